The van der Waals surface area contributed by atoms with Crippen molar-refractivity contribution < 1.29 is 14.1 Å². The van der Waals surface area contributed by atoms with Gasteiger partial charge in [0, 0.05) is 18.5 Å². The lowest BCUT2D eigenvalue weighted by molar-refractivity contribution is -0.128. The zero-order valence-electron chi connectivity index (χ0n) is 15.6. The molecule has 146 valence electrons. The van der Waals surface area contributed by atoms with Crippen LogP contribution in [0.15, 0.2) is 40.2 Å². The van der Waals surface area contributed by atoms with Crippen LogP contribution in [0, 0.1) is 13.8 Å². The molecule has 3 N–H and O–H groups in total. The predicted molar refractivity (Wildman–Crippen MR) is 107 cm³/mol. The van der Waals surface area contributed by atoms with Gasteiger partial charge in [0.1, 0.15) is 0 Å². The normalized spacial score (nSPS) is 10.5. The predicted octanol–water partition coefficient (Wildman–Crippen LogP) is 2.61. The summed E-state index contributed by atoms with van der Waals surface area (Å²) in [6.45, 7) is 4.03. The Kier molecular flexibility index (Phi) is 6.38. The fourth-order valence-corrected chi connectivity index (χ4v) is 3.17. The minimum Gasteiger partial charge on any atom is -0.376 e. The number of carbonyl (C=O) groups excluding carboxylic acids is 2. The average molecular weight is 399 g/mol. The van der Waals surface area contributed by atoms with Crippen LogP contribution in [0.2, 0.25) is 0 Å². The second kappa shape index (κ2) is 9.14. The van der Waals surface area contributed by atoms with E-state index < -0.39 is 0 Å². The second-order valence-corrected chi connectivity index (χ2v) is 7.21. The van der Waals surface area contributed by atoms with Crippen molar-refractivity contribution >= 4 is 28.8 Å². The molecule has 0 saturated heterocycles. The van der Waals surface area contributed by atoms with E-state index in [4.69, 9.17) is 4.52 Å². The van der Waals surface area contributed by atoms with Crippen molar-refractivity contribution in [2.75, 3.05) is 11.9 Å². The summed E-state index contributed by atoms with van der Waals surface area (Å²) >= 11 is 1.51. The van der Waals surface area contributed by atoms with Crippen LogP contribution in [0.4, 0.5) is 5.69 Å². The number of hydrogen-bond donors (Lipinski definition) is 3. The molecule has 1 aromatic carbocycles. The summed E-state index contributed by atoms with van der Waals surface area (Å²) in [5, 5.41) is 8.86. The third-order valence-corrected chi connectivity index (χ3v) is 4.80. The van der Waals surface area contributed by atoms with Crippen LogP contribution in [0.25, 0.3) is 10.7 Å². The van der Waals surface area contributed by atoms with Gasteiger partial charge < -0.3 is 9.84 Å². The Bertz CT molecular complexity index is 952. The van der Waals surface area contributed by atoms with Crippen LogP contribution < -0.4 is 16.2 Å². The van der Waals surface area contributed by atoms with E-state index in [9.17, 15) is 9.59 Å². The highest BCUT2D eigenvalue weighted by molar-refractivity contribution is 7.13. The van der Waals surface area contributed by atoms with Crippen LogP contribution in [0.5, 0.6) is 0 Å². The number of carbonyl (C=O) groups is 2. The average Bonchev–Trinajstić information content (AvgIpc) is 3.35. The largest absolute Gasteiger partial charge is 0.376 e. The van der Waals surface area contributed by atoms with Crippen LogP contribution >= 0.6 is 11.3 Å². The highest BCUT2D eigenvalue weighted by atomic mass is 32.1. The Balaban J connectivity index is 1.37. The Morgan fingerprint density at radius 2 is 1.96 bits per heavy atom. The maximum absolute atomic E-state index is 11.9. The summed E-state index contributed by atoms with van der Waals surface area (Å²) in [5.74, 6) is 0.208. The molecule has 2 aromatic heterocycles. The maximum atomic E-state index is 11.9. The minimum atomic E-state index is -0.342. The van der Waals surface area contributed by atoms with Crippen molar-refractivity contribution in [2.45, 2.75) is 26.7 Å². The number of nitrogens with one attached hydrogen (secondary N) is 3. The number of anilines is 1. The zero-order chi connectivity index (χ0) is 19.9. The molecule has 0 radical (unpaired) electrons. The van der Waals surface area contributed by atoms with Gasteiger partial charge in [0.25, 0.3) is 5.91 Å². The fourth-order valence-electron chi connectivity index (χ4n) is 2.52. The number of aryl methyl sites for hydroxylation is 3. The molecule has 0 spiro atoms. The second-order valence-electron chi connectivity index (χ2n) is 6.26. The molecule has 0 bridgehead atoms. The molecule has 0 aliphatic carbocycles. The lowest BCUT2D eigenvalue weighted by atomic mass is 10.1. The SMILES string of the molecule is Cc1ccc(NCC(=O)NNC(=O)CCc2nc(-c3cccs3)no2)c(C)c1. The first kappa shape index (κ1) is 19.6. The zero-order valence-corrected chi connectivity index (χ0v) is 16.4. The van der Waals surface area contributed by atoms with Crippen molar-refractivity contribution in [3.63, 3.8) is 0 Å². The van der Waals surface area contributed by atoms with Crippen molar-refractivity contribution in [1.82, 2.24) is 21.0 Å². The third kappa shape index (κ3) is 5.40. The van der Waals surface area contributed by atoms with Gasteiger partial charge in [-0.05, 0) is 36.9 Å². The smallest absolute Gasteiger partial charge is 0.257 e. The van der Waals surface area contributed by atoms with Crippen LogP contribution in [0.3, 0.4) is 0 Å². The highest BCUT2D eigenvalue weighted by Gasteiger charge is 2.12. The van der Waals surface area contributed by atoms with E-state index in [1.165, 1.54) is 11.3 Å². The molecule has 0 aliphatic rings. The molecule has 3 rings (SSSR count). The monoisotopic (exact) mass is 399 g/mol. The van der Waals surface area contributed by atoms with E-state index in [0.29, 0.717) is 18.1 Å². The topological polar surface area (TPSA) is 109 Å². The molecular weight excluding hydrogens is 378 g/mol. The Labute approximate surface area is 166 Å². The molecule has 2 heterocycles. The van der Waals surface area contributed by atoms with Gasteiger partial charge in [-0.1, -0.05) is 28.9 Å². The summed E-state index contributed by atoms with van der Waals surface area (Å²) < 4.78 is 5.14. The molecule has 0 aliphatic heterocycles. The fraction of sp³-hybridized carbons (Fsp3) is 0.263. The van der Waals surface area contributed by atoms with E-state index in [0.717, 1.165) is 21.7 Å². The summed E-state index contributed by atoms with van der Waals surface area (Å²) in [5.41, 5.74) is 7.85. The number of amides is 2. The van der Waals surface area contributed by atoms with E-state index in [-0.39, 0.29) is 24.8 Å². The number of thiophene rings is 1. The number of benzene rings is 1. The third-order valence-electron chi connectivity index (χ3n) is 3.94. The number of hydrazine groups is 1. The number of rotatable bonds is 7. The summed E-state index contributed by atoms with van der Waals surface area (Å²) in [4.78, 5) is 28.9. The quantitative estimate of drug-likeness (QED) is 0.527. The van der Waals surface area contributed by atoms with Crippen molar-refractivity contribution in [3.8, 4) is 10.7 Å². The Morgan fingerprint density at radius 1 is 1.14 bits per heavy atom. The highest BCUT2D eigenvalue weighted by Crippen LogP contribution is 2.21. The standard InChI is InChI=1S/C19H21N5O3S/c1-12-5-6-14(13(2)10-12)20-11-17(26)23-22-16(25)7-8-18-21-19(24-27-18)15-4-3-9-28-15/h3-6,9-10,20H,7-8,11H2,1-2H3,(H,22,25)(H,23,26). The van der Waals surface area contributed by atoms with Crippen molar-refractivity contribution in [2.24, 2.45) is 0 Å². The Morgan fingerprint density at radius 3 is 2.71 bits per heavy atom. The molecule has 0 fully saturated rings. The minimum absolute atomic E-state index is 0.0536. The summed E-state index contributed by atoms with van der Waals surface area (Å²) in [6.07, 6.45) is 0.414. The number of hydrogen-bond acceptors (Lipinski definition) is 7. The molecule has 28 heavy (non-hydrogen) atoms. The molecule has 0 unspecified atom stereocenters. The lowest BCUT2D eigenvalue weighted by Crippen LogP contribution is -2.44. The van der Waals surface area contributed by atoms with Gasteiger partial charge >= 0.3 is 0 Å². The van der Waals surface area contributed by atoms with E-state index in [1.54, 1.807) is 0 Å². The van der Waals surface area contributed by atoms with Gasteiger partial charge in [-0.2, -0.15) is 4.98 Å². The molecule has 0 atom stereocenters. The lowest BCUT2D eigenvalue weighted by Gasteiger charge is -2.11. The number of aromatic nitrogens is 2. The molecule has 0 saturated carbocycles. The summed E-state index contributed by atoms with van der Waals surface area (Å²) in [7, 11) is 0. The van der Waals surface area contributed by atoms with Gasteiger partial charge in [-0.3, -0.25) is 20.4 Å². The van der Waals surface area contributed by atoms with E-state index in [2.05, 4.69) is 26.3 Å². The van der Waals surface area contributed by atoms with Gasteiger partial charge in [-0.15, -0.1) is 11.3 Å². The van der Waals surface area contributed by atoms with Crippen LogP contribution in [-0.2, 0) is 16.0 Å². The maximum Gasteiger partial charge on any atom is 0.257 e. The Hall–Kier alpha value is -3.20. The van der Waals surface area contributed by atoms with Crippen LogP contribution in [0.1, 0.15) is 23.4 Å². The molecule has 3 aromatic rings. The first-order valence-electron chi connectivity index (χ1n) is 8.76. The van der Waals surface area contributed by atoms with Crippen molar-refractivity contribution in [1.29, 1.82) is 0 Å². The summed E-state index contributed by atoms with van der Waals surface area (Å²) in [6, 6.07) is 9.72. The van der Waals surface area contributed by atoms with Gasteiger partial charge in [0.15, 0.2) is 0 Å². The first-order chi connectivity index (χ1) is 13.5. The van der Waals surface area contributed by atoms with Crippen molar-refractivity contribution in [3.05, 3.63) is 52.7 Å². The van der Waals surface area contributed by atoms with Gasteiger partial charge in [-0.25, -0.2) is 0 Å². The number of nitrogens with zero attached hydrogens (tertiary/aromatic N) is 2. The van der Waals surface area contributed by atoms with E-state index in [1.807, 2.05) is 49.6 Å². The molecule has 9 heteroatoms. The van der Waals surface area contributed by atoms with E-state index >= 15 is 0 Å². The van der Waals surface area contributed by atoms with Gasteiger partial charge in [0.2, 0.25) is 17.6 Å². The van der Waals surface area contributed by atoms with Crippen LogP contribution in [-0.4, -0.2) is 28.5 Å². The van der Waals surface area contributed by atoms with Gasteiger partial charge in [0.05, 0.1) is 11.4 Å². The molecular formula is C19H21N5O3S. The molecule has 2 amide bonds. The first-order valence-corrected chi connectivity index (χ1v) is 9.64. The molecule has 8 nitrogen and oxygen atoms in total.